The van der Waals surface area contributed by atoms with Crippen molar-refractivity contribution < 1.29 is 4.79 Å². The molecule has 6 heteroatoms. The van der Waals surface area contributed by atoms with Gasteiger partial charge in [0.25, 0.3) is 5.91 Å². The fourth-order valence-electron chi connectivity index (χ4n) is 1.90. The Hall–Kier alpha value is -1.98. The van der Waals surface area contributed by atoms with Crippen LogP contribution in [-0.2, 0) is 11.8 Å². The number of halogens is 1. The number of carbonyl (C=O) groups is 1. The summed E-state index contributed by atoms with van der Waals surface area (Å²) in [4.78, 5) is 17.0. The van der Waals surface area contributed by atoms with Gasteiger partial charge in [-0.3, -0.25) is 4.79 Å². The van der Waals surface area contributed by atoms with E-state index in [1.165, 1.54) is 11.8 Å². The van der Waals surface area contributed by atoms with Crippen LogP contribution in [0.4, 0.5) is 5.69 Å². The molecule has 0 bridgehead atoms. The normalized spacial score (nSPS) is 18.5. The molecule has 0 radical (unpaired) electrons. The van der Waals surface area contributed by atoms with Crippen LogP contribution in [-0.4, -0.2) is 15.6 Å². The first-order chi connectivity index (χ1) is 10.1. The zero-order chi connectivity index (χ0) is 14.8. The molecule has 1 aliphatic rings. The minimum absolute atomic E-state index is 0.137. The van der Waals surface area contributed by atoms with Crippen molar-refractivity contribution in [1.82, 2.24) is 9.88 Å². The van der Waals surface area contributed by atoms with Gasteiger partial charge in [0.1, 0.15) is 0 Å². The molecule has 3 rings (SSSR count). The van der Waals surface area contributed by atoms with Crippen LogP contribution in [0.25, 0.3) is 6.08 Å². The number of rotatable bonds is 2. The molecule has 1 aromatic carbocycles. The van der Waals surface area contributed by atoms with Gasteiger partial charge in [0.2, 0.25) is 0 Å². The van der Waals surface area contributed by atoms with Gasteiger partial charge in [0.05, 0.1) is 10.6 Å². The van der Waals surface area contributed by atoms with Gasteiger partial charge in [-0.15, -0.1) is 0 Å². The van der Waals surface area contributed by atoms with E-state index in [9.17, 15) is 4.79 Å². The molecule has 1 fully saturated rings. The second-order valence-electron chi connectivity index (χ2n) is 4.51. The number of aliphatic imine (C=N–C) groups is 1. The number of aryl methyl sites for hydroxylation is 1. The monoisotopic (exact) mass is 317 g/mol. The number of nitrogens with zero attached hydrogens (tertiary/aromatic N) is 2. The average Bonchev–Trinajstić information content (AvgIpc) is 2.98. The fraction of sp³-hybridized carbons (Fsp3) is 0.0667. The smallest absolute Gasteiger partial charge is 0.264 e. The number of thioether (sulfide) groups is 1. The second-order valence-corrected chi connectivity index (χ2v) is 5.97. The summed E-state index contributed by atoms with van der Waals surface area (Å²) in [6.07, 6.45) is 3.78. The molecule has 1 aromatic heterocycles. The van der Waals surface area contributed by atoms with Crippen LogP contribution in [0.2, 0.25) is 5.02 Å². The molecule has 1 saturated heterocycles. The lowest BCUT2D eigenvalue weighted by Gasteiger charge is -1.97. The summed E-state index contributed by atoms with van der Waals surface area (Å²) in [5.41, 5.74) is 1.68. The van der Waals surface area contributed by atoms with E-state index < -0.39 is 0 Å². The molecule has 0 atom stereocenters. The minimum Gasteiger partial charge on any atom is -0.351 e. The van der Waals surface area contributed by atoms with Crippen molar-refractivity contribution in [3.63, 3.8) is 0 Å². The molecule has 1 N–H and O–H groups in total. The van der Waals surface area contributed by atoms with Crippen molar-refractivity contribution in [3.8, 4) is 0 Å². The predicted molar refractivity (Wildman–Crippen MR) is 87.7 cm³/mol. The van der Waals surface area contributed by atoms with Crippen molar-refractivity contribution in [2.45, 2.75) is 0 Å². The third-order valence-corrected chi connectivity index (χ3v) is 4.10. The minimum atomic E-state index is -0.137. The van der Waals surface area contributed by atoms with E-state index in [4.69, 9.17) is 11.6 Å². The standard InChI is InChI=1S/C15H12ClN3OS/c1-19-7-3-6-12(19)9-13-14(20)18-15(21-13)17-11-5-2-4-10(16)8-11/h2-9H,1H3,(H,17,18,20)/b13-9-. The molecule has 21 heavy (non-hydrogen) atoms. The Morgan fingerprint density at radius 1 is 1.33 bits per heavy atom. The van der Waals surface area contributed by atoms with Gasteiger partial charge in [0, 0.05) is 24.0 Å². The second kappa shape index (κ2) is 5.79. The lowest BCUT2D eigenvalue weighted by Crippen LogP contribution is -2.19. The van der Waals surface area contributed by atoms with Gasteiger partial charge >= 0.3 is 0 Å². The first-order valence-electron chi connectivity index (χ1n) is 6.28. The third-order valence-electron chi connectivity index (χ3n) is 2.95. The van der Waals surface area contributed by atoms with Gasteiger partial charge in [0.15, 0.2) is 5.17 Å². The van der Waals surface area contributed by atoms with E-state index in [2.05, 4.69) is 10.3 Å². The maximum atomic E-state index is 12.0. The third kappa shape index (κ3) is 3.20. The molecule has 106 valence electrons. The number of nitrogens with one attached hydrogen (secondary N) is 1. The molecule has 0 aliphatic carbocycles. The summed E-state index contributed by atoms with van der Waals surface area (Å²) >= 11 is 7.24. The fourth-order valence-corrected chi connectivity index (χ4v) is 2.91. The van der Waals surface area contributed by atoms with Crippen molar-refractivity contribution in [2.24, 2.45) is 12.0 Å². The number of carbonyl (C=O) groups excluding carboxylic acids is 1. The largest absolute Gasteiger partial charge is 0.351 e. The van der Waals surface area contributed by atoms with Crippen LogP contribution in [0.3, 0.4) is 0 Å². The highest BCUT2D eigenvalue weighted by atomic mass is 35.5. The number of hydrogen-bond acceptors (Lipinski definition) is 3. The van der Waals surface area contributed by atoms with Crippen LogP contribution in [0, 0.1) is 0 Å². The molecule has 0 spiro atoms. The van der Waals surface area contributed by atoms with E-state index >= 15 is 0 Å². The number of benzene rings is 1. The quantitative estimate of drug-likeness (QED) is 0.861. The molecule has 0 saturated carbocycles. The topological polar surface area (TPSA) is 46.4 Å². The van der Waals surface area contributed by atoms with Crippen LogP contribution >= 0.6 is 23.4 Å². The van der Waals surface area contributed by atoms with Crippen LogP contribution < -0.4 is 5.32 Å². The SMILES string of the molecule is Cn1cccc1/C=C1\SC(=Nc2cccc(Cl)c2)NC1=O. The first-order valence-corrected chi connectivity index (χ1v) is 7.48. The van der Waals surface area contributed by atoms with Crippen LogP contribution in [0.5, 0.6) is 0 Å². The van der Waals surface area contributed by atoms with E-state index in [-0.39, 0.29) is 5.91 Å². The van der Waals surface area contributed by atoms with E-state index in [1.54, 1.807) is 12.1 Å². The van der Waals surface area contributed by atoms with E-state index in [0.717, 1.165) is 5.69 Å². The van der Waals surface area contributed by atoms with Crippen molar-refractivity contribution in [3.05, 3.63) is 58.2 Å². The number of amidine groups is 1. The zero-order valence-electron chi connectivity index (χ0n) is 11.2. The number of amides is 1. The Morgan fingerprint density at radius 2 is 2.19 bits per heavy atom. The molecule has 2 heterocycles. The van der Waals surface area contributed by atoms with Gasteiger partial charge in [-0.2, -0.15) is 0 Å². The summed E-state index contributed by atoms with van der Waals surface area (Å²) in [6, 6.07) is 11.1. The van der Waals surface area contributed by atoms with Gasteiger partial charge < -0.3 is 9.88 Å². The molecule has 1 amide bonds. The highest BCUT2D eigenvalue weighted by Crippen LogP contribution is 2.28. The first kappa shape index (κ1) is 14.0. The Morgan fingerprint density at radius 3 is 2.90 bits per heavy atom. The van der Waals surface area contributed by atoms with Gasteiger partial charge in [-0.25, -0.2) is 4.99 Å². The molecular weight excluding hydrogens is 306 g/mol. The molecular formula is C15H12ClN3OS. The molecule has 4 nitrogen and oxygen atoms in total. The predicted octanol–water partition coefficient (Wildman–Crippen LogP) is 3.57. The van der Waals surface area contributed by atoms with Gasteiger partial charge in [-0.05, 0) is 48.2 Å². The number of aromatic nitrogens is 1. The maximum absolute atomic E-state index is 12.0. The maximum Gasteiger partial charge on any atom is 0.264 e. The Kier molecular flexibility index (Phi) is 3.86. The summed E-state index contributed by atoms with van der Waals surface area (Å²) in [5.74, 6) is -0.137. The Labute approximate surface area is 131 Å². The van der Waals surface area contributed by atoms with Crippen LogP contribution in [0.1, 0.15) is 5.69 Å². The highest BCUT2D eigenvalue weighted by molar-refractivity contribution is 8.18. The van der Waals surface area contributed by atoms with Crippen molar-refractivity contribution in [1.29, 1.82) is 0 Å². The Bertz CT molecular complexity index is 764. The lowest BCUT2D eigenvalue weighted by atomic mass is 10.3. The Balaban J connectivity index is 1.85. The van der Waals surface area contributed by atoms with Crippen LogP contribution in [0.15, 0.2) is 52.5 Å². The average molecular weight is 318 g/mol. The van der Waals surface area contributed by atoms with Crippen molar-refractivity contribution in [2.75, 3.05) is 0 Å². The van der Waals surface area contributed by atoms with Crippen molar-refractivity contribution >= 4 is 46.2 Å². The molecule has 0 unspecified atom stereocenters. The van der Waals surface area contributed by atoms with E-state index in [0.29, 0.717) is 20.8 Å². The molecule has 1 aliphatic heterocycles. The molecule has 2 aromatic rings. The highest BCUT2D eigenvalue weighted by Gasteiger charge is 2.24. The lowest BCUT2D eigenvalue weighted by molar-refractivity contribution is -0.115. The van der Waals surface area contributed by atoms with Gasteiger partial charge in [-0.1, -0.05) is 17.7 Å². The van der Waals surface area contributed by atoms with E-state index in [1.807, 2.05) is 48.2 Å². The summed E-state index contributed by atoms with van der Waals surface area (Å²) in [6.45, 7) is 0. The summed E-state index contributed by atoms with van der Waals surface area (Å²) in [5, 5.41) is 3.93. The summed E-state index contributed by atoms with van der Waals surface area (Å²) in [7, 11) is 1.94. The zero-order valence-corrected chi connectivity index (χ0v) is 12.8. The number of hydrogen-bond donors (Lipinski definition) is 1. The summed E-state index contributed by atoms with van der Waals surface area (Å²) < 4.78 is 1.95.